The van der Waals surface area contributed by atoms with Crippen molar-refractivity contribution in [3.63, 3.8) is 0 Å². The summed E-state index contributed by atoms with van der Waals surface area (Å²) in [5.74, 6) is 0. The maximum absolute atomic E-state index is 5.56. The van der Waals surface area contributed by atoms with Gasteiger partial charge in [-0.1, -0.05) is 65.4 Å². The van der Waals surface area contributed by atoms with E-state index < -0.39 is 0 Å². The van der Waals surface area contributed by atoms with Crippen molar-refractivity contribution < 1.29 is 4.74 Å². The van der Waals surface area contributed by atoms with Gasteiger partial charge in [-0.3, -0.25) is 0 Å². The van der Waals surface area contributed by atoms with E-state index in [-0.39, 0.29) is 5.41 Å². The van der Waals surface area contributed by atoms with E-state index >= 15 is 0 Å². The van der Waals surface area contributed by atoms with Gasteiger partial charge < -0.3 is 4.74 Å². The Hall–Kier alpha value is -0.300. The Bertz CT molecular complexity index is 172. The SMILES string of the molecule is C=CC(C)(C)C(CCCCCCCC)OC. The third-order valence-electron chi connectivity index (χ3n) is 3.46. The fourth-order valence-electron chi connectivity index (χ4n) is 2.04. The molecule has 0 aromatic heterocycles. The van der Waals surface area contributed by atoms with E-state index in [9.17, 15) is 0 Å². The third kappa shape index (κ3) is 6.32. The summed E-state index contributed by atoms with van der Waals surface area (Å²) in [6.45, 7) is 10.5. The van der Waals surface area contributed by atoms with Gasteiger partial charge in [0.05, 0.1) is 6.10 Å². The minimum Gasteiger partial charge on any atom is -0.381 e. The predicted octanol–water partition coefficient (Wildman–Crippen LogP) is 4.96. The number of unbranched alkanes of at least 4 members (excludes halogenated alkanes) is 5. The fourth-order valence-corrected chi connectivity index (χ4v) is 2.04. The van der Waals surface area contributed by atoms with Gasteiger partial charge in [0.1, 0.15) is 0 Å². The Balaban J connectivity index is 3.68. The first-order chi connectivity index (χ1) is 7.58. The zero-order valence-electron chi connectivity index (χ0n) is 11.7. The Morgan fingerprint density at radius 2 is 1.69 bits per heavy atom. The highest BCUT2D eigenvalue weighted by Gasteiger charge is 2.25. The van der Waals surface area contributed by atoms with Crippen molar-refractivity contribution in [3.8, 4) is 0 Å². The molecule has 1 heteroatoms. The van der Waals surface area contributed by atoms with Gasteiger partial charge in [0.25, 0.3) is 0 Å². The predicted molar refractivity (Wildman–Crippen MR) is 72.8 cm³/mol. The molecule has 1 nitrogen and oxygen atoms in total. The normalized spacial score (nSPS) is 13.8. The molecule has 1 unspecified atom stereocenters. The molecule has 0 aliphatic heterocycles. The van der Waals surface area contributed by atoms with Crippen LogP contribution in [0.15, 0.2) is 12.7 Å². The van der Waals surface area contributed by atoms with Crippen LogP contribution in [-0.4, -0.2) is 13.2 Å². The second-order valence-electron chi connectivity index (χ2n) is 5.31. The molecule has 0 aromatic rings. The summed E-state index contributed by atoms with van der Waals surface area (Å²) < 4.78 is 5.56. The van der Waals surface area contributed by atoms with E-state index in [2.05, 4.69) is 27.4 Å². The van der Waals surface area contributed by atoms with E-state index in [1.54, 1.807) is 0 Å². The first kappa shape index (κ1) is 15.7. The molecule has 0 aliphatic rings. The molecule has 0 heterocycles. The van der Waals surface area contributed by atoms with Gasteiger partial charge in [-0.2, -0.15) is 0 Å². The van der Waals surface area contributed by atoms with Crippen molar-refractivity contribution in [2.45, 2.75) is 71.8 Å². The van der Waals surface area contributed by atoms with Gasteiger partial charge in [-0.05, 0) is 6.42 Å². The Morgan fingerprint density at radius 3 is 2.19 bits per heavy atom. The fraction of sp³-hybridized carbons (Fsp3) is 0.867. The van der Waals surface area contributed by atoms with Gasteiger partial charge in [-0.15, -0.1) is 6.58 Å². The van der Waals surface area contributed by atoms with Crippen molar-refractivity contribution >= 4 is 0 Å². The van der Waals surface area contributed by atoms with Gasteiger partial charge in [0, 0.05) is 12.5 Å². The van der Waals surface area contributed by atoms with Crippen LogP contribution in [0.2, 0.25) is 0 Å². The lowest BCUT2D eigenvalue weighted by Crippen LogP contribution is -2.29. The lowest BCUT2D eigenvalue weighted by atomic mass is 9.84. The first-order valence-electron chi connectivity index (χ1n) is 6.74. The van der Waals surface area contributed by atoms with E-state index in [4.69, 9.17) is 4.74 Å². The second-order valence-corrected chi connectivity index (χ2v) is 5.31. The van der Waals surface area contributed by atoms with Crippen LogP contribution in [0.5, 0.6) is 0 Å². The molecule has 0 fully saturated rings. The summed E-state index contributed by atoms with van der Waals surface area (Å²) in [5, 5.41) is 0. The average molecular weight is 226 g/mol. The number of rotatable bonds is 10. The molecule has 0 rings (SSSR count). The van der Waals surface area contributed by atoms with Crippen molar-refractivity contribution in [1.29, 1.82) is 0 Å². The minimum atomic E-state index is 0.0954. The summed E-state index contributed by atoms with van der Waals surface area (Å²) in [7, 11) is 1.81. The second kappa shape index (κ2) is 8.81. The van der Waals surface area contributed by atoms with Crippen LogP contribution in [0.1, 0.15) is 65.7 Å². The van der Waals surface area contributed by atoms with Crippen molar-refractivity contribution in [2.24, 2.45) is 5.41 Å². The Kier molecular flexibility index (Phi) is 8.64. The molecule has 0 saturated carbocycles. The molecule has 16 heavy (non-hydrogen) atoms. The molecular formula is C15H30O. The van der Waals surface area contributed by atoms with E-state index in [0.717, 1.165) is 6.42 Å². The Labute approximate surface area is 102 Å². The minimum absolute atomic E-state index is 0.0954. The summed E-state index contributed by atoms with van der Waals surface area (Å²) in [5.41, 5.74) is 0.0954. The third-order valence-corrected chi connectivity index (χ3v) is 3.46. The van der Waals surface area contributed by atoms with E-state index in [1.165, 1.54) is 38.5 Å². The smallest absolute Gasteiger partial charge is 0.0656 e. The lowest BCUT2D eigenvalue weighted by Gasteiger charge is -2.30. The van der Waals surface area contributed by atoms with E-state index in [1.807, 2.05) is 13.2 Å². The lowest BCUT2D eigenvalue weighted by molar-refractivity contribution is 0.0233. The highest BCUT2D eigenvalue weighted by Crippen LogP contribution is 2.28. The van der Waals surface area contributed by atoms with Gasteiger partial charge in [0.2, 0.25) is 0 Å². The number of hydrogen-bond acceptors (Lipinski definition) is 1. The monoisotopic (exact) mass is 226 g/mol. The molecule has 0 spiro atoms. The molecule has 0 amide bonds. The first-order valence-corrected chi connectivity index (χ1v) is 6.74. The van der Waals surface area contributed by atoms with Crippen molar-refractivity contribution in [2.75, 3.05) is 7.11 Å². The summed E-state index contributed by atoms with van der Waals surface area (Å²) in [4.78, 5) is 0. The molecule has 0 saturated heterocycles. The van der Waals surface area contributed by atoms with Crippen LogP contribution < -0.4 is 0 Å². The molecule has 0 radical (unpaired) electrons. The van der Waals surface area contributed by atoms with Crippen LogP contribution in [0, 0.1) is 5.41 Å². The molecule has 0 N–H and O–H groups in total. The van der Waals surface area contributed by atoms with Crippen molar-refractivity contribution in [1.82, 2.24) is 0 Å². The zero-order valence-corrected chi connectivity index (χ0v) is 11.7. The van der Waals surface area contributed by atoms with Crippen molar-refractivity contribution in [3.05, 3.63) is 12.7 Å². The summed E-state index contributed by atoms with van der Waals surface area (Å²) in [6.07, 6.45) is 11.6. The topological polar surface area (TPSA) is 9.23 Å². The maximum atomic E-state index is 5.56. The summed E-state index contributed by atoms with van der Waals surface area (Å²) in [6, 6.07) is 0. The molecule has 96 valence electrons. The standard InChI is InChI=1S/C15H30O/c1-6-8-9-10-11-12-13-14(16-5)15(3,4)7-2/h7,14H,2,6,8-13H2,1,3-5H3. The van der Waals surface area contributed by atoms with Crippen LogP contribution in [0.3, 0.4) is 0 Å². The van der Waals surface area contributed by atoms with Gasteiger partial charge in [-0.25, -0.2) is 0 Å². The number of methoxy groups -OCH3 is 1. The van der Waals surface area contributed by atoms with E-state index in [0.29, 0.717) is 6.10 Å². The number of ether oxygens (including phenoxy) is 1. The van der Waals surface area contributed by atoms with Crippen LogP contribution in [-0.2, 0) is 4.74 Å². The highest BCUT2D eigenvalue weighted by molar-refractivity contribution is 4.93. The zero-order chi connectivity index (χ0) is 12.4. The van der Waals surface area contributed by atoms with Gasteiger partial charge >= 0.3 is 0 Å². The average Bonchev–Trinajstić information content (AvgIpc) is 2.28. The Morgan fingerprint density at radius 1 is 1.12 bits per heavy atom. The molecule has 1 atom stereocenters. The highest BCUT2D eigenvalue weighted by atomic mass is 16.5. The molecule has 0 aliphatic carbocycles. The summed E-state index contributed by atoms with van der Waals surface area (Å²) >= 11 is 0. The van der Waals surface area contributed by atoms with Crippen LogP contribution in [0.25, 0.3) is 0 Å². The van der Waals surface area contributed by atoms with Gasteiger partial charge in [0.15, 0.2) is 0 Å². The quantitative estimate of drug-likeness (QED) is 0.378. The molecular weight excluding hydrogens is 196 g/mol. The molecule has 0 bridgehead atoms. The van der Waals surface area contributed by atoms with Crippen LogP contribution in [0.4, 0.5) is 0 Å². The van der Waals surface area contributed by atoms with Crippen LogP contribution >= 0.6 is 0 Å². The largest absolute Gasteiger partial charge is 0.381 e. The number of hydrogen-bond donors (Lipinski definition) is 0. The molecule has 0 aromatic carbocycles. The maximum Gasteiger partial charge on any atom is 0.0656 e.